The summed E-state index contributed by atoms with van der Waals surface area (Å²) >= 11 is 0. The summed E-state index contributed by atoms with van der Waals surface area (Å²) in [6.07, 6.45) is 69.4. The largest absolute Gasteiger partial charge is 0.462 e. The zero-order valence-corrected chi connectivity index (χ0v) is 42.8. The predicted octanol–water partition coefficient (Wildman–Crippen LogP) is 18.9. The average Bonchev–Trinajstić information content (AvgIpc) is 3.30. The third kappa shape index (κ3) is 52.2. The van der Waals surface area contributed by atoms with E-state index in [4.69, 9.17) is 14.2 Å². The van der Waals surface area contributed by atoms with E-state index < -0.39 is 6.10 Å². The van der Waals surface area contributed by atoms with Gasteiger partial charge in [0.2, 0.25) is 0 Å². The molecule has 0 spiro atoms. The van der Waals surface area contributed by atoms with Crippen molar-refractivity contribution in [1.29, 1.82) is 0 Å². The van der Waals surface area contributed by atoms with Crippen molar-refractivity contribution in [3.05, 3.63) is 60.8 Å². The molecule has 1 unspecified atom stereocenters. The second-order valence-electron chi connectivity index (χ2n) is 18.5. The van der Waals surface area contributed by atoms with Crippen molar-refractivity contribution in [3.63, 3.8) is 0 Å². The van der Waals surface area contributed by atoms with Crippen LogP contribution >= 0.6 is 0 Å². The topological polar surface area (TPSA) is 61.8 Å². The molecule has 0 aromatic carbocycles. The maximum atomic E-state index is 12.8. The van der Waals surface area contributed by atoms with E-state index in [2.05, 4.69) is 81.5 Å². The van der Waals surface area contributed by atoms with E-state index in [9.17, 15) is 9.59 Å². The Bertz CT molecular complexity index is 1100. The van der Waals surface area contributed by atoms with Gasteiger partial charge in [-0.1, -0.05) is 242 Å². The van der Waals surface area contributed by atoms with Crippen LogP contribution in [0.25, 0.3) is 0 Å². The molecule has 0 rings (SSSR count). The number of rotatable bonds is 51. The summed E-state index contributed by atoms with van der Waals surface area (Å²) in [6, 6.07) is 0. The maximum Gasteiger partial charge on any atom is 0.306 e. The third-order valence-electron chi connectivity index (χ3n) is 12.0. The van der Waals surface area contributed by atoms with E-state index >= 15 is 0 Å². The highest BCUT2D eigenvalue weighted by molar-refractivity contribution is 5.70. The Kier molecular flexibility index (Phi) is 52.9. The number of hydrogen-bond acceptors (Lipinski definition) is 5. The number of carbonyl (C=O) groups excluding carboxylic acids is 2. The minimum atomic E-state index is -0.543. The lowest BCUT2D eigenvalue weighted by atomic mass is 10.1. The average molecular weight is 895 g/mol. The van der Waals surface area contributed by atoms with Gasteiger partial charge in [-0.05, 0) is 83.5 Å². The van der Waals surface area contributed by atoms with Crippen molar-refractivity contribution in [3.8, 4) is 0 Å². The van der Waals surface area contributed by atoms with E-state index in [1.165, 1.54) is 161 Å². The zero-order valence-electron chi connectivity index (χ0n) is 42.8. The fourth-order valence-corrected chi connectivity index (χ4v) is 7.91. The van der Waals surface area contributed by atoms with Gasteiger partial charge in [0.05, 0.1) is 6.61 Å². The van der Waals surface area contributed by atoms with Crippen LogP contribution in [0.5, 0.6) is 0 Å². The Morgan fingerprint density at radius 3 is 1.14 bits per heavy atom. The highest BCUT2D eigenvalue weighted by Crippen LogP contribution is 2.15. The fraction of sp³-hybridized carbons (Fsp3) is 0.797. The van der Waals surface area contributed by atoms with E-state index in [1.54, 1.807) is 0 Å². The third-order valence-corrected chi connectivity index (χ3v) is 12.0. The molecule has 5 nitrogen and oxygen atoms in total. The van der Waals surface area contributed by atoms with Crippen molar-refractivity contribution < 1.29 is 23.8 Å². The highest BCUT2D eigenvalue weighted by atomic mass is 16.6. The number of hydrogen-bond donors (Lipinski definition) is 0. The molecule has 0 aliphatic carbocycles. The fourth-order valence-electron chi connectivity index (χ4n) is 7.91. The van der Waals surface area contributed by atoms with Crippen LogP contribution in [0.3, 0.4) is 0 Å². The second kappa shape index (κ2) is 54.9. The normalized spacial score (nSPS) is 12.6. The standard InChI is InChI=1S/C59H106O5/c1-4-7-10-13-16-19-22-25-27-29-30-32-33-35-37-40-43-46-49-52-58(60)63-56-57(55-62-54-51-48-45-42-39-24-21-18-15-12-9-6-3)64-59(61)53-50-47-44-41-38-36-34-31-28-26-23-20-17-14-11-8-5-2/h7,10,16,19,25-28,30,32,57H,4-6,8-9,11-15,17-18,20-24,29,31,33-56H2,1-3H3/b10-7-,19-16-,27-25-,28-26-,32-30-. The molecular weight excluding hydrogens is 789 g/mol. The Labute approximate surface area is 398 Å². The summed E-state index contributed by atoms with van der Waals surface area (Å²) in [6.45, 7) is 7.73. The first-order chi connectivity index (χ1) is 31.6. The molecular formula is C59H106O5. The van der Waals surface area contributed by atoms with Gasteiger partial charge in [-0.15, -0.1) is 0 Å². The van der Waals surface area contributed by atoms with Gasteiger partial charge in [0.15, 0.2) is 6.10 Å². The van der Waals surface area contributed by atoms with Crippen molar-refractivity contribution in [2.75, 3.05) is 19.8 Å². The molecule has 0 aromatic heterocycles. The number of ether oxygens (including phenoxy) is 3. The molecule has 64 heavy (non-hydrogen) atoms. The Balaban J connectivity index is 4.26. The van der Waals surface area contributed by atoms with Gasteiger partial charge in [-0.25, -0.2) is 0 Å². The minimum absolute atomic E-state index is 0.0779. The van der Waals surface area contributed by atoms with Crippen LogP contribution in [-0.2, 0) is 23.8 Å². The van der Waals surface area contributed by atoms with Gasteiger partial charge in [-0.3, -0.25) is 9.59 Å². The van der Waals surface area contributed by atoms with Crippen LogP contribution in [0.15, 0.2) is 60.8 Å². The van der Waals surface area contributed by atoms with Gasteiger partial charge in [0, 0.05) is 19.4 Å². The summed E-state index contributed by atoms with van der Waals surface area (Å²) < 4.78 is 17.4. The lowest BCUT2D eigenvalue weighted by Gasteiger charge is -2.18. The molecule has 0 bridgehead atoms. The molecule has 0 aromatic rings. The summed E-state index contributed by atoms with van der Waals surface area (Å²) in [7, 11) is 0. The first-order valence-corrected chi connectivity index (χ1v) is 27.8. The van der Waals surface area contributed by atoms with Gasteiger partial charge in [0.25, 0.3) is 0 Å². The molecule has 0 saturated carbocycles. The van der Waals surface area contributed by atoms with E-state index in [0.29, 0.717) is 19.4 Å². The molecule has 1 atom stereocenters. The van der Waals surface area contributed by atoms with Crippen molar-refractivity contribution >= 4 is 11.9 Å². The van der Waals surface area contributed by atoms with Gasteiger partial charge >= 0.3 is 11.9 Å². The van der Waals surface area contributed by atoms with Crippen LogP contribution in [0.1, 0.15) is 278 Å². The molecule has 5 heteroatoms. The molecule has 0 saturated heterocycles. The summed E-state index contributed by atoms with van der Waals surface area (Å²) in [5.41, 5.74) is 0. The number of carbonyl (C=O) groups is 2. The number of esters is 2. The summed E-state index contributed by atoms with van der Waals surface area (Å²) in [5.74, 6) is -0.407. The summed E-state index contributed by atoms with van der Waals surface area (Å²) in [5, 5.41) is 0. The quantitative estimate of drug-likeness (QED) is 0.0346. The van der Waals surface area contributed by atoms with Crippen molar-refractivity contribution in [2.45, 2.75) is 284 Å². The Hall–Kier alpha value is -2.40. The Morgan fingerprint density at radius 1 is 0.359 bits per heavy atom. The second-order valence-corrected chi connectivity index (χ2v) is 18.5. The molecule has 372 valence electrons. The van der Waals surface area contributed by atoms with E-state index in [-0.39, 0.29) is 25.2 Å². The van der Waals surface area contributed by atoms with Crippen molar-refractivity contribution in [2.24, 2.45) is 0 Å². The number of unbranched alkanes of at least 4 members (excludes halogenated alkanes) is 30. The van der Waals surface area contributed by atoms with Crippen LogP contribution < -0.4 is 0 Å². The van der Waals surface area contributed by atoms with Gasteiger partial charge in [-0.2, -0.15) is 0 Å². The van der Waals surface area contributed by atoms with Crippen LogP contribution in [0, 0.1) is 0 Å². The lowest BCUT2D eigenvalue weighted by Crippen LogP contribution is -2.30. The molecule has 0 amide bonds. The molecule has 0 heterocycles. The zero-order chi connectivity index (χ0) is 46.3. The van der Waals surface area contributed by atoms with E-state index in [1.807, 2.05) is 0 Å². The van der Waals surface area contributed by atoms with Gasteiger partial charge < -0.3 is 14.2 Å². The van der Waals surface area contributed by atoms with Crippen LogP contribution in [-0.4, -0.2) is 37.9 Å². The molecule has 0 N–H and O–H groups in total. The predicted molar refractivity (Wildman–Crippen MR) is 279 cm³/mol. The smallest absolute Gasteiger partial charge is 0.306 e. The lowest BCUT2D eigenvalue weighted by molar-refractivity contribution is -0.163. The molecule has 0 radical (unpaired) electrons. The van der Waals surface area contributed by atoms with Crippen LogP contribution in [0.2, 0.25) is 0 Å². The summed E-state index contributed by atoms with van der Waals surface area (Å²) in [4.78, 5) is 25.5. The molecule has 0 aliphatic rings. The molecule has 0 aliphatic heterocycles. The van der Waals surface area contributed by atoms with Crippen LogP contribution in [0.4, 0.5) is 0 Å². The van der Waals surface area contributed by atoms with Gasteiger partial charge in [0.1, 0.15) is 6.61 Å². The monoisotopic (exact) mass is 895 g/mol. The first kappa shape index (κ1) is 61.6. The SMILES string of the molecule is CC/C=C\C/C=C\C/C=C\C/C=C\CCCCCCCCC(=O)OCC(COCCCCCCCCCCCCCC)OC(=O)CCCCCCCCC/C=C\CCCCCCCC. The van der Waals surface area contributed by atoms with Crippen molar-refractivity contribution in [1.82, 2.24) is 0 Å². The minimum Gasteiger partial charge on any atom is -0.462 e. The first-order valence-electron chi connectivity index (χ1n) is 27.8. The van der Waals surface area contributed by atoms with E-state index in [0.717, 1.165) is 83.5 Å². The number of allylic oxidation sites excluding steroid dienone is 10. The highest BCUT2D eigenvalue weighted by Gasteiger charge is 2.17. The Morgan fingerprint density at radius 2 is 0.703 bits per heavy atom. The molecule has 0 fully saturated rings. The maximum absolute atomic E-state index is 12.8.